The predicted octanol–water partition coefficient (Wildman–Crippen LogP) is 4.24. The lowest BCUT2D eigenvalue weighted by Gasteiger charge is -2.09. The van der Waals surface area contributed by atoms with Gasteiger partial charge in [0.25, 0.3) is 0 Å². The topological polar surface area (TPSA) is 12.0 Å². The van der Waals surface area contributed by atoms with Gasteiger partial charge in [0.2, 0.25) is 0 Å². The lowest BCUT2D eigenvalue weighted by molar-refractivity contribution is 0.527. The van der Waals surface area contributed by atoms with Crippen LogP contribution in [0.25, 0.3) is 10.1 Å². The Morgan fingerprint density at radius 2 is 2.12 bits per heavy atom. The standard InChI is InChI=1S/C15H19NS/c1-11-5-4-8-15-14(11)9-13(17-15)10-16-12-6-2-3-7-12/h4-5,8-9,12,16H,2-3,6-7,10H2,1H3. The first kappa shape index (κ1) is 11.2. The molecular weight excluding hydrogens is 226 g/mol. The first-order valence-corrected chi connectivity index (χ1v) is 7.36. The molecule has 1 heterocycles. The van der Waals surface area contributed by atoms with Crippen LogP contribution < -0.4 is 5.32 Å². The number of thiophene rings is 1. The molecule has 17 heavy (non-hydrogen) atoms. The summed E-state index contributed by atoms with van der Waals surface area (Å²) in [4.78, 5) is 1.47. The van der Waals surface area contributed by atoms with Crippen LogP contribution in [0.5, 0.6) is 0 Å². The second kappa shape index (κ2) is 4.79. The van der Waals surface area contributed by atoms with Gasteiger partial charge in [-0.05, 0) is 42.8 Å². The molecule has 0 aliphatic heterocycles. The molecule has 0 atom stereocenters. The van der Waals surface area contributed by atoms with Gasteiger partial charge in [-0.3, -0.25) is 0 Å². The van der Waals surface area contributed by atoms with Crippen molar-refractivity contribution in [2.24, 2.45) is 0 Å². The van der Waals surface area contributed by atoms with Crippen molar-refractivity contribution in [1.82, 2.24) is 5.32 Å². The van der Waals surface area contributed by atoms with Gasteiger partial charge in [0, 0.05) is 22.2 Å². The summed E-state index contributed by atoms with van der Waals surface area (Å²) in [6.45, 7) is 3.24. The van der Waals surface area contributed by atoms with Crippen LogP contribution in [-0.4, -0.2) is 6.04 Å². The first-order chi connectivity index (χ1) is 8.33. The maximum Gasteiger partial charge on any atom is 0.0348 e. The van der Waals surface area contributed by atoms with Crippen molar-refractivity contribution in [1.29, 1.82) is 0 Å². The Morgan fingerprint density at radius 1 is 1.29 bits per heavy atom. The first-order valence-electron chi connectivity index (χ1n) is 6.54. The Hall–Kier alpha value is -0.860. The van der Waals surface area contributed by atoms with E-state index in [1.165, 1.54) is 46.2 Å². The quantitative estimate of drug-likeness (QED) is 0.852. The lowest BCUT2D eigenvalue weighted by atomic mass is 10.1. The summed E-state index contributed by atoms with van der Waals surface area (Å²) in [5.41, 5.74) is 1.39. The second-order valence-electron chi connectivity index (χ2n) is 5.06. The number of aryl methyl sites for hydroxylation is 1. The van der Waals surface area contributed by atoms with Crippen LogP contribution in [0.4, 0.5) is 0 Å². The van der Waals surface area contributed by atoms with Crippen molar-refractivity contribution in [3.05, 3.63) is 34.7 Å². The maximum atomic E-state index is 3.69. The van der Waals surface area contributed by atoms with Gasteiger partial charge in [0.15, 0.2) is 0 Å². The third kappa shape index (κ3) is 2.38. The largest absolute Gasteiger partial charge is 0.309 e. The van der Waals surface area contributed by atoms with Crippen molar-refractivity contribution in [3.63, 3.8) is 0 Å². The smallest absolute Gasteiger partial charge is 0.0348 e. The van der Waals surface area contributed by atoms with E-state index in [2.05, 4.69) is 36.5 Å². The average molecular weight is 245 g/mol. The summed E-state index contributed by atoms with van der Waals surface area (Å²) < 4.78 is 1.42. The third-order valence-corrected chi connectivity index (χ3v) is 4.85. The molecule has 1 nitrogen and oxygen atoms in total. The highest BCUT2D eigenvalue weighted by molar-refractivity contribution is 7.19. The summed E-state index contributed by atoms with van der Waals surface area (Å²) >= 11 is 1.93. The second-order valence-corrected chi connectivity index (χ2v) is 6.23. The molecule has 0 spiro atoms. The van der Waals surface area contributed by atoms with Crippen LogP contribution in [0.1, 0.15) is 36.1 Å². The van der Waals surface area contributed by atoms with Gasteiger partial charge in [-0.25, -0.2) is 0 Å². The van der Waals surface area contributed by atoms with Crippen molar-refractivity contribution in [2.75, 3.05) is 0 Å². The van der Waals surface area contributed by atoms with Crippen LogP contribution in [-0.2, 0) is 6.54 Å². The summed E-state index contributed by atoms with van der Waals surface area (Å²) in [5.74, 6) is 0. The molecule has 1 aliphatic carbocycles. The fourth-order valence-electron chi connectivity index (χ4n) is 2.72. The summed E-state index contributed by atoms with van der Waals surface area (Å²) in [7, 11) is 0. The van der Waals surface area contributed by atoms with Crippen LogP contribution >= 0.6 is 11.3 Å². The maximum absolute atomic E-state index is 3.69. The molecular formula is C15H19NS. The zero-order valence-electron chi connectivity index (χ0n) is 10.3. The molecule has 2 aromatic rings. The van der Waals surface area contributed by atoms with E-state index >= 15 is 0 Å². The van der Waals surface area contributed by atoms with E-state index in [4.69, 9.17) is 0 Å². The Labute approximate surface area is 107 Å². The molecule has 1 fully saturated rings. The van der Waals surface area contributed by atoms with Gasteiger partial charge in [0.05, 0.1) is 0 Å². The molecule has 1 saturated carbocycles. The average Bonchev–Trinajstić information content (AvgIpc) is 2.95. The van der Waals surface area contributed by atoms with Gasteiger partial charge in [-0.1, -0.05) is 25.0 Å². The molecule has 0 radical (unpaired) electrons. The normalized spacial score (nSPS) is 17.0. The summed E-state index contributed by atoms with van der Waals surface area (Å²) in [5, 5.41) is 5.12. The van der Waals surface area contributed by atoms with Gasteiger partial charge in [-0.2, -0.15) is 0 Å². The van der Waals surface area contributed by atoms with Crippen molar-refractivity contribution in [3.8, 4) is 0 Å². The third-order valence-electron chi connectivity index (χ3n) is 3.75. The molecule has 1 aliphatic rings. The highest BCUT2D eigenvalue weighted by atomic mass is 32.1. The lowest BCUT2D eigenvalue weighted by Crippen LogP contribution is -2.24. The minimum absolute atomic E-state index is 0.765. The molecule has 1 aromatic heterocycles. The zero-order chi connectivity index (χ0) is 11.7. The van der Waals surface area contributed by atoms with Crippen LogP contribution in [0.15, 0.2) is 24.3 Å². The van der Waals surface area contributed by atoms with Crippen molar-refractivity contribution < 1.29 is 0 Å². The molecule has 0 unspecified atom stereocenters. The fraction of sp³-hybridized carbons (Fsp3) is 0.467. The number of nitrogens with one attached hydrogen (secondary N) is 1. The number of benzene rings is 1. The molecule has 3 rings (SSSR count). The molecule has 1 aromatic carbocycles. The number of rotatable bonds is 3. The summed E-state index contributed by atoms with van der Waals surface area (Å²) in [6, 6.07) is 9.70. The van der Waals surface area contributed by atoms with Crippen LogP contribution in [0.2, 0.25) is 0 Å². The van der Waals surface area contributed by atoms with E-state index in [1.54, 1.807) is 0 Å². The molecule has 0 amide bonds. The van der Waals surface area contributed by atoms with Crippen molar-refractivity contribution >= 4 is 21.4 Å². The van der Waals surface area contributed by atoms with Gasteiger partial charge in [-0.15, -0.1) is 11.3 Å². The minimum Gasteiger partial charge on any atom is -0.309 e. The monoisotopic (exact) mass is 245 g/mol. The van der Waals surface area contributed by atoms with E-state index in [9.17, 15) is 0 Å². The van der Waals surface area contributed by atoms with Crippen molar-refractivity contribution in [2.45, 2.75) is 45.2 Å². The zero-order valence-corrected chi connectivity index (χ0v) is 11.1. The van der Waals surface area contributed by atoms with E-state index in [-0.39, 0.29) is 0 Å². The van der Waals surface area contributed by atoms with E-state index in [0.29, 0.717) is 0 Å². The van der Waals surface area contributed by atoms with E-state index < -0.39 is 0 Å². The Morgan fingerprint density at radius 3 is 2.88 bits per heavy atom. The van der Waals surface area contributed by atoms with E-state index in [1.807, 2.05) is 11.3 Å². The Bertz CT molecular complexity index is 509. The highest BCUT2D eigenvalue weighted by Gasteiger charge is 2.14. The Balaban J connectivity index is 1.74. The number of hydrogen-bond acceptors (Lipinski definition) is 2. The molecule has 0 saturated heterocycles. The van der Waals surface area contributed by atoms with Crippen LogP contribution in [0.3, 0.4) is 0 Å². The van der Waals surface area contributed by atoms with Gasteiger partial charge in [0.1, 0.15) is 0 Å². The molecule has 1 N–H and O–H groups in total. The Kier molecular flexibility index (Phi) is 3.17. The predicted molar refractivity (Wildman–Crippen MR) is 75.7 cm³/mol. The SMILES string of the molecule is Cc1cccc2sc(CNC3CCCC3)cc12. The summed E-state index contributed by atoms with van der Waals surface area (Å²) in [6.07, 6.45) is 5.54. The fourth-order valence-corrected chi connectivity index (χ4v) is 3.81. The minimum atomic E-state index is 0.765. The molecule has 90 valence electrons. The van der Waals surface area contributed by atoms with E-state index in [0.717, 1.165) is 12.6 Å². The molecule has 2 heteroatoms. The number of fused-ring (bicyclic) bond motifs is 1. The van der Waals surface area contributed by atoms with Crippen LogP contribution in [0, 0.1) is 6.92 Å². The van der Waals surface area contributed by atoms with Gasteiger partial charge >= 0.3 is 0 Å². The van der Waals surface area contributed by atoms with Gasteiger partial charge < -0.3 is 5.32 Å². The highest BCUT2D eigenvalue weighted by Crippen LogP contribution is 2.28. The molecule has 0 bridgehead atoms. The number of hydrogen-bond donors (Lipinski definition) is 1.